The number of unbranched alkanes of at least 4 members (excludes halogenated alkanes) is 1. The molecule has 0 heteroatoms. The van der Waals surface area contributed by atoms with Gasteiger partial charge in [0.05, 0.1) is 0 Å². The van der Waals surface area contributed by atoms with Crippen LogP contribution in [-0.2, 0) is 12.8 Å². The lowest BCUT2D eigenvalue weighted by Gasteiger charge is -2.10. The maximum Gasteiger partial charge on any atom is -0.0253 e. The Hall–Kier alpha value is -0.780. The second-order valence-electron chi connectivity index (χ2n) is 4.47. The summed E-state index contributed by atoms with van der Waals surface area (Å²) in [6.07, 6.45) is 5.07. The molecule has 78 valence electrons. The number of aryl methyl sites for hydroxylation is 1. The van der Waals surface area contributed by atoms with E-state index in [1.807, 2.05) is 0 Å². The fourth-order valence-corrected chi connectivity index (χ4v) is 1.81. The van der Waals surface area contributed by atoms with E-state index in [1.54, 1.807) is 11.1 Å². The molecule has 0 aromatic heterocycles. The number of rotatable bonds is 5. The minimum absolute atomic E-state index is 0.762. The molecule has 0 unspecified atom stereocenters. The summed E-state index contributed by atoms with van der Waals surface area (Å²) >= 11 is 0. The van der Waals surface area contributed by atoms with Gasteiger partial charge in [0, 0.05) is 0 Å². The Labute approximate surface area is 88.4 Å². The average molecular weight is 190 g/mol. The van der Waals surface area contributed by atoms with Crippen molar-refractivity contribution in [3.63, 3.8) is 0 Å². The molecule has 1 rings (SSSR count). The van der Waals surface area contributed by atoms with Crippen molar-refractivity contribution in [3.8, 4) is 0 Å². The summed E-state index contributed by atoms with van der Waals surface area (Å²) in [5.41, 5.74) is 3.11. The largest absolute Gasteiger partial charge is 0.0654 e. The predicted octanol–water partition coefficient (Wildman–Crippen LogP) is 4.23. The van der Waals surface area contributed by atoms with Crippen LogP contribution in [0.15, 0.2) is 24.3 Å². The van der Waals surface area contributed by atoms with Crippen molar-refractivity contribution >= 4 is 0 Å². The zero-order valence-electron chi connectivity index (χ0n) is 9.72. The number of hydrogen-bond donors (Lipinski definition) is 0. The van der Waals surface area contributed by atoms with Crippen molar-refractivity contribution < 1.29 is 0 Å². The van der Waals surface area contributed by atoms with Crippen molar-refractivity contribution in [2.45, 2.75) is 46.5 Å². The summed E-state index contributed by atoms with van der Waals surface area (Å²) in [6, 6.07) is 8.89. The maximum absolute atomic E-state index is 2.29. The van der Waals surface area contributed by atoms with Gasteiger partial charge in [-0.3, -0.25) is 0 Å². The molecule has 0 saturated carbocycles. The first-order valence-electron chi connectivity index (χ1n) is 5.80. The molecule has 1 aromatic carbocycles. The van der Waals surface area contributed by atoms with Gasteiger partial charge in [-0.05, 0) is 36.3 Å². The van der Waals surface area contributed by atoms with E-state index in [9.17, 15) is 0 Å². The van der Waals surface area contributed by atoms with E-state index in [4.69, 9.17) is 0 Å². The first kappa shape index (κ1) is 11.3. The molecule has 0 radical (unpaired) electrons. The van der Waals surface area contributed by atoms with Crippen LogP contribution in [-0.4, -0.2) is 0 Å². The standard InChI is InChI=1S/C14H22/c1-4-5-8-13-9-6-7-10-14(13)11-12(2)3/h6-7,9-10,12H,4-5,8,11H2,1-3H3. The van der Waals surface area contributed by atoms with Crippen LogP contribution in [0.1, 0.15) is 44.7 Å². The average Bonchev–Trinajstić information content (AvgIpc) is 2.16. The third-order valence-electron chi connectivity index (χ3n) is 2.55. The number of benzene rings is 1. The highest BCUT2D eigenvalue weighted by Gasteiger charge is 2.03. The van der Waals surface area contributed by atoms with E-state index in [-0.39, 0.29) is 0 Å². The Morgan fingerprint density at radius 3 is 2.29 bits per heavy atom. The minimum Gasteiger partial charge on any atom is -0.0654 e. The minimum atomic E-state index is 0.762. The van der Waals surface area contributed by atoms with Crippen molar-refractivity contribution in [2.75, 3.05) is 0 Å². The van der Waals surface area contributed by atoms with Gasteiger partial charge in [-0.25, -0.2) is 0 Å². The monoisotopic (exact) mass is 190 g/mol. The lowest BCUT2D eigenvalue weighted by atomic mass is 9.95. The fraction of sp³-hybridized carbons (Fsp3) is 0.571. The maximum atomic E-state index is 2.29. The molecule has 0 fully saturated rings. The quantitative estimate of drug-likeness (QED) is 0.652. The zero-order valence-corrected chi connectivity index (χ0v) is 9.72. The van der Waals surface area contributed by atoms with Crippen LogP contribution in [0.4, 0.5) is 0 Å². The van der Waals surface area contributed by atoms with Crippen LogP contribution in [0.2, 0.25) is 0 Å². The summed E-state index contributed by atoms with van der Waals surface area (Å²) in [4.78, 5) is 0. The zero-order chi connectivity index (χ0) is 10.4. The van der Waals surface area contributed by atoms with Crippen LogP contribution >= 0.6 is 0 Å². The van der Waals surface area contributed by atoms with Gasteiger partial charge in [0.1, 0.15) is 0 Å². The highest BCUT2D eigenvalue weighted by Crippen LogP contribution is 2.15. The molecule has 0 aliphatic rings. The summed E-state index contributed by atoms with van der Waals surface area (Å²) < 4.78 is 0. The summed E-state index contributed by atoms with van der Waals surface area (Å²) in [7, 11) is 0. The van der Waals surface area contributed by atoms with Gasteiger partial charge in [0.25, 0.3) is 0 Å². The van der Waals surface area contributed by atoms with Gasteiger partial charge in [0.15, 0.2) is 0 Å². The van der Waals surface area contributed by atoms with Crippen LogP contribution in [0.25, 0.3) is 0 Å². The molecular formula is C14H22. The summed E-state index contributed by atoms with van der Waals surface area (Å²) in [6.45, 7) is 6.83. The Morgan fingerprint density at radius 2 is 1.71 bits per heavy atom. The molecular weight excluding hydrogens is 168 g/mol. The van der Waals surface area contributed by atoms with E-state index in [0.717, 1.165) is 5.92 Å². The summed E-state index contributed by atoms with van der Waals surface area (Å²) in [5, 5.41) is 0. The van der Waals surface area contributed by atoms with Gasteiger partial charge in [0.2, 0.25) is 0 Å². The van der Waals surface area contributed by atoms with Gasteiger partial charge in [-0.15, -0.1) is 0 Å². The van der Waals surface area contributed by atoms with Crippen LogP contribution in [0, 0.1) is 5.92 Å². The smallest absolute Gasteiger partial charge is 0.0253 e. The van der Waals surface area contributed by atoms with E-state index < -0.39 is 0 Å². The predicted molar refractivity (Wildman–Crippen MR) is 63.6 cm³/mol. The SMILES string of the molecule is CCCCc1ccccc1CC(C)C. The van der Waals surface area contributed by atoms with Gasteiger partial charge in [-0.1, -0.05) is 51.5 Å². The first-order chi connectivity index (χ1) is 6.74. The van der Waals surface area contributed by atoms with Crippen molar-refractivity contribution in [2.24, 2.45) is 5.92 Å². The molecule has 1 aromatic rings. The molecule has 0 saturated heterocycles. The molecule has 0 atom stereocenters. The van der Waals surface area contributed by atoms with Crippen molar-refractivity contribution in [1.29, 1.82) is 0 Å². The number of hydrogen-bond acceptors (Lipinski definition) is 0. The molecule has 0 amide bonds. The van der Waals surface area contributed by atoms with Gasteiger partial charge >= 0.3 is 0 Å². The highest BCUT2D eigenvalue weighted by atomic mass is 14.1. The molecule has 0 aliphatic heterocycles. The molecule has 14 heavy (non-hydrogen) atoms. The second-order valence-corrected chi connectivity index (χ2v) is 4.47. The molecule has 0 aliphatic carbocycles. The third kappa shape index (κ3) is 3.53. The van der Waals surface area contributed by atoms with Crippen LogP contribution in [0.3, 0.4) is 0 Å². The lowest BCUT2D eigenvalue weighted by Crippen LogP contribution is -1.99. The molecule has 0 nitrogen and oxygen atoms in total. The Balaban J connectivity index is 2.69. The van der Waals surface area contributed by atoms with E-state index >= 15 is 0 Å². The first-order valence-corrected chi connectivity index (χ1v) is 5.80. The van der Waals surface area contributed by atoms with Gasteiger partial charge in [-0.2, -0.15) is 0 Å². The summed E-state index contributed by atoms with van der Waals surface area (Å²) in [5.74, 6) is 0.762. The van der Waals surface area contributed by atoms with E-state index in [2.05, 4.69) is 45.0 Å². The van der Waals surface area contributed by atoms with E-state index in [1.165, 1.54) is 25.7 Å². The lowest BCUT2D eigenvalue weighted by molar-refractivity contribution is 0.640. The Kier molecular flexibility index (Phi) is 4.72. The molecule has 0 heterocycles. The highest BCUT2D eigenvalue weighted by molar-refractivity contribution is 5.27. The topological polar surface area (TPSA) is 0 Å². The third-order valence-corrected chi connectivity index (χ3v) is 2.55. The van der Waals surface area contributed by atoms with Crippen molar-refractivity contribution in [1.82, 2.24) is 0 Å². The van der Waals surface area contributed by atoms with Crippen molar-refractivity contribution in [3.05, 3.63) is 35.4 Å². The molecule has 0 N–H and O–H groups in total. The Morgan fingerprint density at radius 1 is 1.07 bits per heavy atom. The van der Waals surface area contributed by atoms with E-state index in [0.29, 0.717) is 0 Å². The Bertz CT molecular complexity index is 260. The van der Waals surface area contributed by atoms with Crippen LogP contribution < -0.4 is 0 Å². The normalized spacial score (nSPS) is 10.9. The molecule has 0 bridgehead atoms. The molecule has 0 spiro atoms. The fourth-order valence-electron chi connectivity index (χ4n) is 1.81. The van der Waals surface area contributed by atoms with Crippen LogP contribution in [0.5, 0.6) is 0 Å². The van der Waals surface area contributed by atoms with Gasteiger partial charge < -0.3 is 0 Å². The second kappa shape index (κ2) is 5.85.